The molecule has 0 spiro atoms. The van der Waals surface area contributed by atoms with Crippen molar-refractivity contribution in [3.63, 3.8) is 0 Å². The number of anilines is 1. The molecule has 2 aliphatic heterocycles. The lowest BCUT2D eigenvalue weighted by molar-refractivity contribution is -0.119. The van der Waals surface area contributed by atoms with Crippen LogP contribution in [0, 0.1) is 0 Å². The van der Waals surface area contributed by atoms with Crippen LogP contribution in [0.25, 0.3) is 0 Å². The van der Waals surface area contributed by atoms with Crippen LogP contribution >= 0.6 is 11.6 Å². The smallest absolute Gasteiger partial charge is 0.340 e. The van der Waals surface area contributed by atoms with Gasteiger partial charge in [-0.3, -0.25) is 4.79 Å². The predicted octanol–water partition coefficient (Wildman–Crippen LogP) is 3.08. The van der Waals surface area contributed by atoms with E-state index in [9.17, 15) is 18.0 Å². The van der Waals surface area contributed by atoms with Gasteiger partial charge in [0, 0.05) is 24.8 Å². The van der Waals surface area contributed by atoms with E-state index in [1.807, 2.05) is 0 Å². The fraction of sp³-hybridized carbons (Fsp3) is 0.364. The number of amides is 1. The fourth-order valence-electron chi connectivity index (χ4n) is 3.60. The summed E-state index contributed by atoms with van der Waals surface area (Å²) in [5, 5.41) is 2.64. The van der Waals surface area contributed by atoms with Gasteiger partial charge in [-0.15, -0.1) is 0 Å². The minimum Gasteiger partial charge on any atom is -0.486 e. The van der Waals surface area contributed by atoms with Gasteiger partial charge < -0.3 is 19.5 Å². The first kappa shape index (κ1) is 23.3. The molecule has 176 valence electrons. The number of nitrogens with one attached hydrogen (secondary N) is 1. The number of carbonyl (C=O) groups is 2. The van der Waals surface area contributed by atoms with Crippen molar-refractivity contribution in [3.05, 3.63) is 47.0 Å². The van der Waals surface area contributed by atoms with E-state index >= 15 is 0 Å². The summed E-state index contributed by atoms with van der Waals surface area (Å²) in [5.41, 5.74) is 0.329. The number of hydrogen-bond donors (Lipinski definition) is 1. The maximum Gasteiger partial charge on any atom is 0.340 e. The summed E-state index contributed by atoms with van der Waals surface area (Å²) in [6.45, 7) is 1.16. The Morgan fingerprint density at radius 3 is 2.48 bits per heavy atom. The molecule has 1 amide bonds. The number of nitrogens with zero attached hydrogens (tertiary/aromatic N) is 1. The third kappa shape index (κ3) is 5.40. The van der Waals surface area contributed by atoms with Crippen LogP contribution in [-0.2, 0) is 19.6 Å². The number of halogens is 1. The van der Waals surface area contributed by atoms with Gasteiger partial charge in [-0.1, -0.05) is 18.0 Å². The van der Waals surface area contributed by atoms with Crippen LogP contribution in [0.4, 0.5) is 5.69 Å². The van der Waals surface area contributed by atoms with Gasteiger partial charge in [-0.05, 0) is 43.2 Å². The largest absolute Gasteiger partial charge is 0.486 e. The summed E-state index contributed by atoms with van der Waals surface area (Å²) < 4.78 is 43.1. The number of piperidine rings is 1. The summed E-state index contributed by atoms with van der Waals surface area (Å²) in [6.07, 6.45) is 2.57. The van der Waals surface area contributed by atoms with Crippen molar-refractivity contribution in [1.82, 2.24) is 4.31 Å². The maximum absolute atomic E-state index is 12.9. The molecule has 0 aromatic heterocycles. The number of benzene rings is 2. The third-order valence-corrected chi connectivity index (χ3v) is 7.50. The lowest BCUT2D eigenvalue weighted by Crippen LogP contribution is -2.35. The quantitative estimate of drug-likeness (QED) is 0.614. The standard InChI is InChI=1S/C22H23ClN2O7S/c23-18-6-5-16(33(28,29)25-8-2-1-3-9-25)13-17(18)22(27)32-14-21(26)24-15-4-7-19-20(12-15)31-11-10-30-19/h4-7,12-13H,1-3,8-11,14H2,(H,24,26). The topological polar surface area (TPSA) is 111 Å². The first-order valence-electron chi connectivity index (χ1n) is 10.5. The zero-order chi connectivity index (χ0) is 23.4. The highest BCUT2D eigenvalue weighted by atomic mass is 35.5. The van der Waals surface area contributed by atoms with Gasteiger partial charge in [-0.25, -0.2) is 13.2 Å². The molecule has 2 aliphatic rings. The van der Waals surface area contributed by atoms with Crippen molar-refractivity contribution in [1.29, 1.82) is 0 Å². The second kappa shape index (κ2) is 9.98. The SMILES string of the molecule is O=C(COC(=O)c1cc(S(=O)(=O)N2CCCCC2)ccc1Cl)Nc1ccc2c(c1)OCCO2. The Kier molecular flexibility index (Phi) is 7.06. The Labute approximate surface area is 196 Å². The molecule has 1 saturated heterocycles. The minimum atomic E-state index is -3.75. The highest BCUT2D eigenvalue weighted by Crippen LogP contribution is 2.32. The van der Waals surface area contributed by atoms with Gasteiger partial charge in [0.25, 0.3) is 5.91 Å². The first-order chi connectivity index (χ1) is 15.8. The van der Waals surface area contributed by atoms with Gasteiger partial charge in [0.2, 0.25) is 10.0 Å². The van der Waals surface area contributed by atoms with Crippen molar-refractivity contribution in [2.75, 3.05) is 38.2 Å². The summed E-state index contributed by atoms with van der Waals surface area (Å²) in [6, 6.07) is 8.80. The van der Waals surface area contributed by atoms with E-state index in [1.54, 1.807) is 18.2 Å². The van der Waals surface area contributed by atoms with Crippen LogP contribution in [0.1, 0.15) is 29.6 Å². The molecule has 0 bridgehead atoms. The van der Waals surface area contributed by atoms with Gasteiger partial charge in [0.15, 0.2) is 18.1 Å². The molecule has 33 heavy (non-hydrogen) atoms. The Morgan fingerprint density at radius 1 is 1.00 bits per heavy atom. The third-order valence-electron chi connectivity index (χ3n) is 5.27. The molecule has 0 unspecified atom stereocenters. The molecule has 0 atom stereocenters. The van der Waals surface area contributed by atoms with Gasteiger partial charge >= 0.3 is 5.97 Å². The van der Waals surface area contributed by atoms with E-state index in [0.29, 0.717) is 43.5 Å². The number of rotatable bonds is 6. The second-order valence-corrected chi connectivity index (χ2v) is 9.93. The van der Waals surface area contributed by atoms with Gasteiger partial charge in [0.05, 0.1) is 15.5 Å². The zero-order valence-corrected chi connectivity index (χ0v) is 19.3. The molecule has 0 radical (unpaired) electrons. The highest BCUT2D eigenvalue weighted by molar-refractivity contribution is 7.89. The Balaban J connectivity index is 1.40. The second-order valence-electron chi connectivity index (χ2n) is 7.59. The molecule has 9 nitrogen and oxygen atoms in total. The molecule has 11 heteroatoms. The summed E-state index contributed by atoms with van der Waals surface area (Å²) in [5.74, 6) is -0.379. The molecule has 1 N–H and O–H groups in total. The Morgan fingerprint density at radius 2 is 1.73 bits per heavy atom. The number of sulfonamides is 1. The molecule has 0 saturated carbocycles. The number of ether oxygens (including phenoxy) is 3. The summed E-state index contributed by atoms with van der Waals surface area (Å²) in [7, 11) is -3.75. The number of carbonyl (C=O) groups excluding carboxylic acids is 2. The fourth-order valence-corrected chi connectivity index (χ4v) is 5.34. The predicted molar refractivity (Wildman–Crippen MR) is 120 cm³/mol. The van der Waals surface area contributed by atoms with Crippen molar-refractivity contribution in [2.45, 2.75) is 24.2 Å². The van der Waals surface area contributed by atoms with E-state index in [4.69, 9.17) is 25.8 Å². The normalized spacial score (nSPS) is 16.2. The van der Waals surface area contributed by atoms with Crippen LogP contribution in [0.15, 0.2) is 41.3 Å². The molecular weight excluding hydrogens is 472 g/mol. The molecule has 2 heterocycles. The molecule has 0 aliphatic carbocycles. The average molecular weight is 495 g/mol. The van der Waals surface area contributed by atoms with Crippen molar-refractivity contribution >= 4 is 39.2 Å². The monoisotopic (exact) mass is 494 g/mol. The van der Waals surface area contributed by atoms with E-state index in [0.717, 1.165) is 19.3 Å². The lowest BCUT2D eigenvalue weighted by Gasteiger charge is -2.26. The van der Waals surface area contributed by atoms with E-state index in [1.165, 1.54) is 22.5 Å². The summed E-state index contributed by atoms with van der Waals surface area (Å²) >= 11 is 6.10. The van der Waals surface area contributed by atoms with Crippen LogP contribution in [-0.4, -0.2) is 57.5 Å². The van der Waals surface area contributed by atoms with Crippen LogP contribution in [0.3, 0.4) is 0 Å². The number of hydrogen-bond acceptors (Lipinski definition) is 7. The molecule has 2 aromatic rings. The zero-order valence-electron chi connectivity index (χ0n) is 17.7. The lowest BCUT2D eigenvalue weighted by atomic mass is 10.2. The van der Waals surface area contributed by atoms with Crippen molar-refractivity contribution in [2.24, 2.45) is 0 Å². The van der Waals surface area contributed by atoms with E-state index in [2.05, 4.69) is 5.32 Å². The summed E-state index contributed by atoms with van der Waals surface area (Å²) in [4.78, 5) is 24.7. The van der Waals surface area contributed by atoms with E-state index < -0.39 is 28.5 Å². The number of fused-ring (bicyclic) bond motifs is 1. The molecule has 1 fully saturated rings. The van der Waals surface area contributed by atoms with Gasteiger partial charge in [-0.2, -0.15) is 4.31 Å². The molecule has 2 aromatic carbocycles. The maximum atomic E-state index is 12.9. The number of esters is 1. The molecular formula is C22H23ClN2O7S. The average Bonchev–Trinajstić information content (AvgIpc) is 2.83. The van der Waals surface area contributed by atoms with Crippen LogP contribution in [0.5, 0.6) is 11.5 Å². The van der Waals surface area contributed by atoms with Crippen molar-refractivity contribution < 1.29 is 32.2 Å². The molecule has 4 rings (SSSR count). The Bertz CT molecular complexity index is 1160. The van der Waals surface area contributed by atoms with E-state index in [-0.39, 0.29) is 15.5 Å². The van der Waals surface area contributed by atoms with Gasteiger partial charge in [0.1, 0.15) is 13.2 Å². The first-order valence-corrected chi connectivity index (χ1v) is 12.3. The Hall–Kier alpha value is -2.82. The van der Waals surface area contributed by atoms with Crippen LogP contribution < -0.4 is 14.8 Å². The minimum absolute atomic E-state index is 0.0323. The highest BCUT2D eigenvalue weighted by Gasteiger charge is 2.27. The van der Waals surface area contributed by atoms with Crippen LogP contribution in [0.2, 0.25) is 5.02 Å². The van der Waals surface area contributed by atoms with Crippen molar-refractivity contribution in [3.8, 4) is 11.5 Å².